The Kier molecular flexibility index (Phi) is 6.43. The van der Waals surface area contributed by atoms with Crippen molar-refractivity contribution in [1.29, 1.82) is 0 Å². The van der Waals surface area contributed by atoms with Crippen molar-refractivity contribution in [3.8, 4) is 0 Å². The van der Waals surface area contributed by atoms with E-state index in [9.17, 15) is 9.59 Å². The van der Waals surface area contributed by atoms with E-state index >= 15 is 0 Å². The summed E-state index contributed by atoms with van der Waals surface area (Å²) in [5.41, 5.74) is 0. The van der Waals surface area contributed by atoms with Crippen LogP contribution >= 0.6 is 11.6 Å². The molecule has 0 radical (unpaired) electrons. The second-order valence-electron chi connectivity index (χ2n) is 4.79. The molecule has 0 unspecified atom stereocenters. The summed E-state index contributed by atoms with van der Waals surface area (Å²) in [5.74, 6) is 0.802. The van der Waals surface area contributed by atoms with Gasteiger partial charge in [0.25, 0.3) is 0 Å². The van der Waals surface area contributed by atoms with Crippen LogP contribution in [0.25, 0.3) is 0 Å². The number of hydrogen-bond donors (Lipinski definition) is 0. The van der Waals surface area contributed by atoms with Crippen LogP contribution in [0.5, 0.6) is 0 Å². The molecular formula is C12H22ClN3O2. The van der Waals surface area contributed by atoms with Gasteiger partial charge in [-0.1, -0.05) is 0 Å². The SMILES string of the molecule is CN(C)CC(=O)N1CCN(C(=O)CCCCl)CC1. The van der Waals surface area contributed by atoms with Gasteiger partial charge in [-0.3, -0.25) is 9.59 Å². The maximum absolute atomic E-state index is 11.8. The van der Waals surface area contributed by atoms with Crippen molar-refractivity contribution in [3.63, 3.8) is 0 Å². The molecule has 1 heterocycles. The first-order chi connectivity index (χ1) is 8.54. The minimum Gasteiger partial charge on any atom is -0.339 e. The molecule has 5 nitrogen and oxygen atoms in total. The molecule has 1 fully saturated rings. The second kappa shape index (κ2) is 7.59. The van der Waals surface area contributed by atoms with Crippen molar-refractivity contribution in [2.75, 3.05) is 52.7 Å². The number of nitrogens with zero attached hydrogens (tertiary/aromatic N) is 3. The number of piperazine rings is 1. The minimum absolute atomic E-state index is 0.132. The summed E-state index contributed by atoms with van der Waals surface area (Å²) in [5, 5.41) is 0. The number of hydrogen-bond acceptors (Lipinski definition) is 3. The van der Waals surface area contributed by atoms with Gasteiger partial charge in [-0.2, -0.15) is 0 Å². The fourth-order valence-electron chi connectivity index (χ4n) is 1.95. The maximum atomic E-state index is 11.8. The van der Waals surface area contributed by atoms with Gasteiger partial charge in [0, 0.05) is 38.5 Å². The zero-order chi connectivity index (χ0) is 13.5. The highest BCUT2D eigenvalue weighted by Crippen LogP contribution is 2.06. The lowest BCUT2D eigenvalue weighted by molar-refractivity contribution is -0.139. The van der Waals surface area contributed by atoms with Crippen LogP contribution in [-0.4, -0.2) is 79.2 Å². The summed E-state index contributed by atoms with van der Waals surface area (Å²) >= 11 is 5.57. The standard InChI is InChI=1S/C12H22ClN3O2/c1-14(2)10-12(18)16-8-6-15(7-9-16)11(17)4-3-5-13/h3-10H2,1-2H3. The number of amides is 2. The Morgan fingerprint density at radius 1 is 1.06 bits per heavy atom. The molecule has 0 atom stereocenters. The molecule has 0 aromatic carbocycles. The van der Waals surface area contributed by atoms with E-state index in [4.69, 9.17) is 11.6 Å². The van der Waals surface area contributed by atoms with Gasteiger partial charge in [0.05, 0.1) is 6.54 Å². The molecular weight excluding hydrogens is 254 g/mol. The quantitative estimate of drug-likeness (QED) is 0.675. The third-order valence-electron chi connectivity index (χ3n) is 2.96. The molecule has 1 aliphatic heterocycles. The van der Waals surface area contributed by atoms with E-state index in [1.165, 1.54) is 0 Å². The molecule has 104 valence electrons. The van der Waals surface area contributed by atoms with Gasteiger partial charge in [-0.05, 0) is 20.5 Å². The number of carbonyl (C=O) groups excluding carboxylic acids is 2. The maximum Gasteiger partial charge on any atom is 0.236 e. The Morgan fingerprint density at radius 3 is 2.00 bits per heavy atom. The van der Waals surface area contributed by atoms with Crippen molar-refractivity contribution in [3.05, 3.63) is 0 Å². The van der Waals surface area contributed by atoms with Gasteiger partial charge in [0.15, 0.2) is 0 Å². The number of alkyl halides is 1. The predicted molar refractivity (Wildman–Crippen MR) is 71.7 cm³/mol. The lowest BCUT2D eigenvalue weighted by atomic mass is 10.2. The number of carbonyl (C=O) groups is 2. The van der Waals surface area contributed by atoms with E-state index in [2.05, 4.69) is 0 Å². The molecule has 0 saturated carbocycles. The predicted octanol–water partition coefficient (Wildman–Crippen LogP) is 0.238. The normalized spacial score (nSPS) is 16.2. The van der Waals surface area contributed by atoms with E-state index < -0.39 is 0 Å². The van der Waals surface area contributed by atoms with Crippen molar-refractivity contribution in [1.82, 2.24) is 14.7 Å². The van der Waals surface area contributed by atoms with Crippen LogP contribution in [0.3, 0.4) is 0 Å². The summed E-state index contributed by atoms with van der Waals surface area (Å²) in [6.07, 6.45) is 1.23. The first-order valence-electron chi connectivity index (χ1n) is 6.31. The van der Waals surface area contributed by atoms with Gasteiger partial charge in [0.1, 0.15) is 0 Å². The lowest BCUT2D eigenvalue weighted by Gasteiger charge is -2.35. The zero-order valence-corrected chi connectivity index (χ0v) is 11.9. The Balaban J connectivity index is 2.32. The molecule has 0 bridgehead atoms. The van der Waals surface area contributed by atoms with Crippen LogP contribution in [0.1, 0.15) is 12.8 Å². The zero-order valence-electron chi connectivity index (χ0n) is 11.2. The van der Waals surface area contributed by atoms with Crippen molar-refractivity contribution in [2.24, 2.45) is 0 Å². The average Bonchev–Trinajstić information content (AvgIpc) is 2.35. The van der Waals surface area contributed by atoms with Crippen LogP contribution < -0.4 is 0 Å². The summed E-state index contributed by atoms with van der Waals surface area (Å²) in [7, 11) is 3.76. The molecule has 18 heavy (non-hydrogen) atoms. The van der Waals surface area contributed by atoms with Crippen molar-refractivity contribution in [2.45, 2.75) is 12.8 Å². The van der Waals surface area contributed by atoms with E-state index in [-0.39, 0.29) is 11.8 Å². The van der Waals surface area contributed by atoms with Gasteiger partial charge < -0.3 is 14.7 Å². The van der Waals surface area contributed by atoms with Crippen LogP contribution in [0.4, 0.5) is 0 Å². The summed E-state index contributed by atoms with van der Waals surface area (Å²) < 4.78 is 0. The van der Waals surface area contributed by atoms with Crippen molar-refractivity contribution >= 4 is 23.4 Å². The second-order valence-corrected chi connectivity index (χ2v) is 5.17. The van der Waals surface area contributed by atoms with Gasteiger partial charge in [0.2, 0.25) is 11.8 Å². The first kappa shape index (κ1) is 15.2. The van der Waals surface area contributed by atoms with E-state index in [0.717, 1.165) is 6.42 Å². The Bertz CT molecular complexity index is 289. The van der Waals surface area contributed by atoms with Gasteiger partial charge in [-0.15, -0.1) is 11.6 Å². The van der Waals surface area contributed by atoms with E-state index in [1.807, 2.05) is 28.8 Å². The van der Waals surface area contributed by atoms with Crippen LogP contribution in [0.2, 0.25) is 0 Å². The molecule has 1 aliphatic rings. The highest BCUT2D eigenvalue weighted by atomic mass is 35.5. The molecule has 1 saturated heterocycles. The Labute approximate surface area is 114 Å². The third-order valence-corrected chi connectivity index (χ3v) is 3.23. The Hall–Kier alpha value is -0.810. The van der Waals surface area contributed by atoms with Gasteiger partial charge >= 0.3 is 0 Å². The van der Waals surface area contributed by atoms with Crippen LogP contribution in [-0.2, 0) is 9.59 Å². The van der Waals surface area contributed by atoms with Crippen LogP contribution in [0, 0.1) is 0 Å². The summed E-state index contributed by atoms with van der Waals surface area (Å²) in [6, 6.07) is 0. The first-order valence-corrected chi connectivity index (χ1v) is 6.84. The van der Waals surface area contributed by atoms with E-state index in [1.54, 1.807) is 0 Å². The number of rotatable bonds is 5. The highest BCUT2D eigenvalue weighted by Gasteiger charge is 2.23. The fourth-order valence-corrected chi connectivity index (χ4v) is 2.09. The molecule has 0 aliphatic carbocycles. The summed E-state index contributed by atoms with van der Waals surface area (Å²) in [4.78, 5) is 29.1. The number of halogens is 1. The molecule has 1 rings (SSSR count). The Morgan fingerprint density at radius 2 is 1.56 bits per heavy atom. The molecule has 0 aromatic heterocycles. The smallest absolute Gasteiger partial charge is 0.236 e. The topological polar surface area (TPSA) is 43.9 Å². The molecule has 6 heteroatoms. The van der Waals surface area contributed by atoms with Crippen molar-refractivity contribution < 1.29 is 9.59 Å². The number of likely N-dealkylation sites (N-methyl/N-ethyl adjacent to an activating group) is 1. The molecule has 0 spiro atoms. The third kappa shape index (κ3) is 4.82. The molecule has 2 amide bonds. The largest absolute Gasteiger partial charge is 0.339 e. The lowest BCUT2D eigenvalue weighted by Crippen LogP contribution is -2.52. The van der Waals surface area contributed by atoms with Gasteiger partial charge in [-0.25, -0.2) is 0 Å². The highest BCUT2D eigenvalue weighted by molar-refractivity contribution is 6.17. The monoisotopic (exact) mass is 275 g/mol. The minimum atomic E-state index is 0.132. The molecule has 0 aromatic rings. The van der Waals surface area contributed by atoms with E-state index in [0.29, 0.717) is 45.0 Å². The average molecular weight is 276 g/mol. The molecule has 0 N–H and O–H groups in total. The van der Waals surface area contributed by atoms with Crippen LogP contribution in [0.15, 0.2) is 0 Å². The fraction of sp³-hybridized carbons (Fsp3) is 0.833. The summed E-state index contributed by atoms with van der Waals surface area (Å²) in [6.45, 7) is 2.99.